The maximum absolute atomic E-state index is 11.3. The Bertz CT molecular complexity index is 416. The van der Waals surface area contributed by atoms with Crippen LogP contribution in [0.25, 0.3) is 0 Å². The van der Waals surface area contributed by atoms with E-state index in [0.717, 1.165) is 25.7 Å². The first kappa shape index (κ1) is 13.1. The van der Waals surface area contributed by atoms with Gasteiger partial charge in [-0.2, -0.15) is 0 Å². The van der Waals surface area contributed by atoms with E-state index in [-0.39, 0.29) is 5.92 Å². The van der Waals surface area contributed by atoms with Crippen LogP contribution in [0.5, 0.6) is 0 Å². The van der Waals surface area contributed by atoms with E-state index in [1.54, 1.807) is 0 Å². The van der Waals surface area contributed by atoms with Gasteiger partial charge in [0, 0.05) is 0 Å². The number of carboxylic acid groups (broad SMARTS) is 1. The largest absolute Gasteiger partial charge is 0.481 e. The van der Waals surface area contributed by atoms with E-state index in [4.69, 9.17) is 0 Å². The molecule has 0 bridgehead atoms. The van der Waals surface area contributed by atoms with Gasteiger partial charge in [0.05, 0.1) is 5.92 Å². The highest BCUT2D eigenvalue weighted by atomic mass is 16.4. The summed E-state index contributed by atoms with van der Waals surface area (Å²) in [5, 5.41) is 9.30. The van der Waals surface area contributed by atoms with Crippen molar-refractivity contribution in [1.29, 1.82) is 0 Å². The molecule has 1 aliphatic carbocycles. The molecule has 2 heteroatoms. The Morgan fingerprint density at radius 1 is 1.17 bits per heavy atom. The van der Waals surface area contributed by atoms with Crippen molar-refractivity contribution in [3.8, 4) is 0 Å². The summed E-state index contributed by atoms with van der Waals surface area (Å²) in [5.41, 5.74) is 3.84. The zero-order valence-electron chi connectivity index (χ0n) is 11.3. The molecule has 0 spiro atoms. The lowest BCUT2D eigenvalue weighted by Gasteiger charge is -2.28. The highest BCUT2D eigenvalue weighted by Crippen LogP contribution is 2.33. The fourth-order valence-corrected chi connectivity index (χ4v) is 3.27. The molecule has 2 unspecified atom stereocenters. The standard InChI is InChI=1S/C16H22O2/c1-11-7-12(2)9-13(8-11)10-14-5-3-4-6-15(14)16(17)18/h7-9,14-15H,3-6,10H2,1-2H3,(H,17,18). The Kier molecular flexibility index (Phi) is 4.05. The number of rotatable bonds is 3. The van der Waals surface area contributed by atoms with Gasteiger partial charge in [0.15, 0.2) is 0 Å². The average Bonchev–Trinajstić information content (AvgIpc) is 2.27. The van der Waals surface area contributed by atoms with Gasteiger partial charge in [0.25, 0.3) is 0 Å². The summed E-state index contributed by atoms with van der Waals surface area (Å²) in [5.74, 6) is -0.430. The van der Waals surface area contributed by atoms with Gasteiger partial charge in [-0.25, -0.2) is 0 Å². The smallest absolute Gasteiger partial charge is 0.306 e. The number of hydrogen-bond donors (Lipinski definition) is 1. The molecule has 2 atom stereocenters. The van der Waals surface area contributed by atoms with Gasteiger partial charge in [-0.1, -0.05) is 42.2 Å². The molecule has 1 aromatic carbocycles. The predicted octanol–water partition coefficient (Wildman–Crippen LogP) is 3.74. The molecular weight excluding hydrogens is 224 g/mol. The molecule has 0 aliphatic heterocycles. The molecule has 1 saturated carbocycles. The van der Waals surface area contributed by atoms with E-state index >= 15 is 0 Å². The Labute approximate surface area is 109 Å². The third-order valence-corrected chi connectivity index (χ3v) is 4.01. The molecule has 2 rings (SSSR count). The normalized spacial score (nSPS) is 23.9. The maximum atomic E-state index is 11.3. The number of aryl methyl sites for hydroxylation is 2. The topological polar surface area (TPSA) is 37.3 Å². The molecule has 98 valence electrons. The maximum Gasteiger partial charge on any atom is 0.306 e. The minimum absolute atomic E-state index is 0.139. The van der Waals surface area contributed by atoms with Crippen molar-refractivity contribution in [3.05, 3.63) is 34.9 Å². The van der Waals surface area contributed by atoms with Crippen LogP contribution in [0.15, 0.2) is 18.2 Å². The van der Waals surface area contributed by atoms with E-state index in [0.29, 0.717) is 5.92 Å². The number of carboxylic acids is 1. The van der Waals surface area contributed by atoms with Crippen molar-refractivity contribution in [2.75, 3.05) is 0 Å². The van der Waals surface area contributed by atoms with Gasteiger partial charge >= 0.3 is 5.97 Å². The van der Waals surface area contributed by atoms with E-state index < -0.39 is 5.97 Å². The molecule has 1 fully saturated rings. The zero-order chi connectivity index (χ0) is 13.1. The third kappa shape index (κ3) is 3.12. The van der Waals surface area contributed by atoms with Crippen LogP contribution in [-0.4, -0.2) is 11.1 Å². The number of aliphatic carboxylic acids is 1. The molecule has 18 heavy (non-hydrogen) atoms. The first-order valence-corrected chi connectivity index (χ1v) is 6.86. The SMILES string of the molecule is Cc1cc(C)cc(CC2CCCCC2C(=O)O)c1. The van der Waals surface area contributed by atoms with Crippen molar-refractivity contribution < 1.29 is 9.90 Å². The Hall–Kier alpha value is -1.31. The van der Waals surface area contributed by atoms with Crippen LogP contribution < -0.4 is 0 Å². The first-order chi connectivity index (χ1) is 8.56. The summed E-state index contributed by atoms with van der Waals surface area (Å²) in [6.07, 6.45) is 5.08. The highest BCUT2D eigenvalue weighted by Gasteiger charge is 2.30. The van der Waals surface area contributed by atoms with Crippen molar-refractivity contribution in [2.24, 2.45) is 11.8 Å². The lowest BCUT2D eigenvalue weighted by atomic mass is 9.76. The van der Waals surface area contributed by atoms with E-state index in [1.165, 1.54) is 23.1 Å². The summed E-state index contributed by atoms with van der Waals surface area (Å²) >= 11 is 0. The first-order valence-electron chi connectivity index (χ1n) is 6.86. The fraction of sp³-hybridized carbons (Fsp3) is 0.562. The molecule has 0 radical (unpaired) electrons. The summed E-state index contributed by atoms with van der Waals surface area (Å²) < 4.78 is 0. The van der Waals surface area contributed by atoms with Crippen molar-refractivity contribution in [2.45, 2.75) is 46.0 Å². The lowest BCUT2D eigenvalue weighted by molar-refractivity contribution is -0.144. The van der Waals surface area contributed by atoms with Crippen molar-refractivity contribution in [3.63, 3.8) is 0 Å². The summed E-state index contributed by atoms with van der Waals surface area (Å²) in [4.78, 5) is 11.3. The Balaban J connectivity index is 2.13. The van der Waals surface area contributed by atoms with Crippen LogP contribution in [0.4, 0.5) is 0 Å². The van der Waals surface area contributed by atoms with E-state index in [9.17, 15) is 9.90 Å². The number of benzene rings is 1. The van der Waals surface area contributed by atoms with E-state index in [2.05, 4.69) is 32.0 Å². The monoisotopic (exact) mass is 246 g/mol. The molecular formula is C16H22O2. The Morgan fingerprint density at radius 2 is 1.78 bits per heavy atom. The van der Waals surface area contributed by atoms with Gasteiger partial charge in [0.2, 0.25) is 0 Å². The predicted molar refractivity (Wildman–Crippen MR) is 72.7 cm³/mol. The average molecular weight is 246 g/mol. The van der Waals surface area contributed by atoms with E-state index in [1.807, 2.05) is 0 Å². The number of carbonyl (C=O) groups is 1. The molecule has 0 heterocycles. The summed E-state index contributed by atoms with van der Waals surface area (Å²) in [6, 6.07) is 6.56. The molecule has 0 aromatic heterocycles. The zero-order valence-corrected chi connectivity index (χ0v) is 11.3. The minimum atomic E-state index is -0.607. The Morgan fingerprint density at radius 3 is 2.39 bits per heavy atom. The van der Waals surface area contributed by atoms with Gasteiger partial charge in [0.1, 0.15) is 0 Å². The van der Waals surface area contributed by atoms with Crippen LogP contribution >= 0.6 is 0 Å². The second-order valence-electron chi connectivity index (χ2n) is 5.69. The van der Waals surface area contributed by atoms with Gasteiger partial charge < -0.3 is 5.11 Å². The van der Waals surface area contributed by atoms with Crippen LogP contribution in [0, 0.1) is 25.7 Å². The minimum Gasteiger partial charge on any atom is -0.481 e. The molecule has 2 nitrogen and oxygen atoms in total. The van der Waals surface area contributed by atoms with Crippen molar-refractivity contribution >= 4 is 5.97 Å². The van der Waals surface area contributed by atoms with Gasteiger partial charge in [-0.3, -0.25) is 4.79 Å². The van der Waals surface area contributed by atoms with Crippen molar-refractivity contribution in [1.82, 2.24) is 0 Å². The fourth-order valence-electron chi connectivity index (χ4n) is 3.27. The molecule has 1 aromatic rings. The molecule has 0 saturated heterocycles. The second-order valence-corrected chi connectivity index (χ2v) is 5.69. The molecule has 1 aliphatic rings. The van der Waals surface area contributed by atoms with Crippen LogP contribution in [0.1, 0.15) is 42.4 Å². The highest BCUT2D eigenvalue weighted by molar-refractivity contribution is 5.70. The molecule has 1 N–H and O–H groups in total. The van der Waals surface area contributed by atoms with Crippen LogP contribution in [0.2, 0.25) is 0 Å². The quantitative estimate of drug-likeness (QED) is 0.882. The summed E-state index contributed by atoms with van der Waals surface area (Å²) in [7, 11) is 0. The lowest BCUT2D eigenvalue weighted by Crippen LogP contribution is -2.28. The molecule has 0 amide bonds. The van der Waals surface area contributed by atoms with Crippen LogP contribution in [0.3, 0.4) is 0 Å². The van der Waals surface area contributed by atoms with Crippen LogP contribution in [-0.2, 0) is 11.2 Å². The van der Waals surface area contributed by atoms with Gasteiger partial charge in [-0.05, 0) is 44.6 Å². The second kappa shape index (κ2) is 5.55. The summed E-state index contributed by atoms with van der Waals surface area (Å²) in [6.45, 7) is 4.21. The van der Waals surface area contributed by atoms with Gasteiger partial charge in [-0.15, -0.1) is 0 Å². The third-order valence-electron chi connectivity index (χ3n) is 4.01. The number of hydrogen-bond acceptors (Lipinski definition) is 1.